The van der Waals surface area contributed by atoms with Crippen molar-refractivity contribution in [2.75, 3.05) is 19.0 Å². The van der Waals surface area contributed by atoms with Crippen LogP contribution in [0, 0.1) is 6.92 Å². The number of carbonyl (C=O) groups excluding carboxylic acids is 1. The highest BCUT2D eigenvalue weighted by Gasteiger charge is 2.09. The molecule has 126 valence electrons. The molecule has 2 aromatic carbocycles. The highest BCUT2D eigenvalue weighted by molar-refractivity contribution is 5.92. The van der Waals surface area contributed by atoms with E-state index in [0.29, 0.717) is 5.82 Å². The summed E-state index contributed by atoms with van der Waals surface area (Å²) < 4.78 is 4.88. The molecule has 0 bridgehead atoms. The Morgan fingerprint density at radius 1 is 0.960 bits per heavy atom. The minimum atomic E-state index is -0.227. The van der Waals surface area contributed by atoms with Gasteiger partial charge in [0.25, 0.3) is 5.91 Å². The Labute approximate surface area is 147 Å². The lowest BCUT2D eigenvalue weighted by molar-refractivity contribution is -0.119. The molecule has 4 nitrogen and oxygen atoms in total. The van der Waals surface area contributed by atoms with E-state index < -0.39 is 0 Å². The van der Waals surface area contributed by atoms with Crippen molar-refractivity contribution in [3.05, 3.63) is 72.3 Å². The second-order valence-corrected chi connectivity index (χ2v) is 5.84. The largest absolute Gasteiger partial charge is 0.375 e. The molecule has 0 atom stereocenters. The van der Waals surface area contributed by atoms with Gasteiger partial charge in [0.1, 0.15) is 12.4 Å². The average molecular weight is 332 g/mol. The first-order valence-corrected chi connectivity index (χ1v) is 8.09. The van der Waals surface area contributed by atoms with Crippen LogP contribution in [0.2, 0.25) is 0 Å². The fourth-order valence-corrected chi connectivity index (χ4v) is 2.57. The molecule has 0 saturated heterocycles. The van der Waals surface area contributed by atoms with Gasteiger partial charge in [0.2, 0.25) is 0 Å². The van der Waals surface area contributed by atoms with Gasteiger partial charge in [-0.15, -0.1) is 0 Å². The molecule has 0 aliphatic carbocycles. The molecule has 0 aliphatic rings. The summed E-state index contributed by atoms with van der Waals surface area (Å²) in [5.41, 5.74) is 5.09. The number of hydrogen-bond acceptors (Lipinski definition) is 3. The molecule has 0 saturated carbocycles. The third-order valence-electron chi connectivity index (χ3n) is 3.82. The molecule has 1 aromatic heterocycles. The van der Waals surface area contributed by atoms with E-state index in [1.807, 2.05) is 42.5 Å². The first-order valence-electron chi connectivity index (χ1n) is 8.09. The van der Waals surface area contributed by atoms with Crippen LogP contribution >= 0.6 is 0 Å². The first kappa shape index (κ1) is 16.9. The van der Waals surface area contributed by atoms with Gasteiger partial charge in [0, 0.05) is 12.7 Å². The molecule has 25 heavy (non-hydrogen) atoms. The van der Waals surface area contributed by atoms with Crippen molar-refractivity contribution in [3.63, 3.8) is 0 Å². The van der Waals surface area contributed by atoms with Crippen LogP contribution in [0.5, 0.6) is 0 Å². The topological polar surface area (TPSA) is 51.2 Å². The molecule has 0 spiro atoms. The predicted molar refractivity (Wildman–Crippen MR) is 100 cm³/mol. The van der Waals surface area contributed by atoms with Gasteiger partial charge in [-0.1, -0.05) is 60.2 Å². The smallest absolute Gasteiger partial charge is 0.251 e. The molecule has 0 fully saturated rings. The highest BCUT2D eigenvalue weighted by Crippen LogP contribution is 2.28. The molecule has 1 heterocycles. The van der Waals surface area contributed by atoms with Gasteiger partial charge in [-0.05, 0) is 30.2 Å². The average Bonchev–Trinajstić information content (AvgIpc) is 2.63. The summed E-state index contributed by atoms with van der Waals surface area (Å²) in [6, 6.07) is 22.1. The van der Waals surface area contributed by atoms with E-state index in [2.05, 4.69) is 41.5 Å². The maximum Gasteiger partial charge on any atom is 0.251 e. The monoisotopic (exact) mass is 332 g/mol. The van der Waals surface area contributed by atoms with E-state index in [-0.39, 0.29) is 12.5 Å². The van der Waals surface area contributed by atoms with Crippen LogP contribution in [0.4, 0.5) is 5.82 Å². The Morgan fingerprint density at radius 2 is 1.68 bits per heavy atom. The van der Waals surface area contributed by atoms with Crippen molar-refractivity contribution in [1.29, 1.82) is 0 Å². The molecule has 4 heteroatoms. The van der Waals surface area contributed by atoms with E-state index in [9.17, 15) is 4.79 Å². The van der Waals surface area contributed by atoms with Gasteiger partial charge in [-0.25, -0.2) is 4.98 Å². The number of carbonyl (C=O) groups is 1. The lowest BCUT2D eigenvalue weighted by atomic mass is 10.0. The number of nitrogens with one attached hydrogen (secondary N) is 1. The Bertz CT molecular complexity index is 859. The summed E-state index contributed by atoms with van der Waals surface area (Å²) >= 11 is 0. The van der Waals surface area contributed by atoms with Crippen molar-refractivity contribution in [1.82, 2.24) is 4.98 Å². The highest BCUT2D eigenvalue weighted by atomic mass is 16.5. The summed E-state index contributed by atoms with van der Waals surface area (Å²) in [6.45, 7) is 2.05. The number of aryl methyl sites for hydroxylation is 1. The number of methoxy groups -OCH3 is 1. The first-order chi connectivity index (χ1) is 12.2. The lowest BCUT2D eigenvalue weighted by Crippen LogP contribution is -2.18. The van der Waals surface area contributed by atoms with Crippen LogP contribution in [0.25, 0.3) is 22.4 Å². The summed E-state index contributed by atoms with van der Waals surface area (Å²) in [5, 5.41) is 2.80. The molecular formula is C21H20N2O2. The predicted octanol–water partition coefficient (Wildman–Crippen LogP) is 4.31. The van der Waals surface area contributed by atoms with Gasteiger partial charge >= 0.3 is 0 Å². The van der Waals surface area contributed by atoms with Crippen LogP contribution in [0.3, 0.4) is 0 Å². The number of hydrogen-bond donors (Lipinski definition) is 1. The summed E-state index contributed by atoms with van der Waals surface area (Å²) in [7, 11) is 1.49. The second-order valence-electron chi connectivity index (χ2n) is 5.84. The van der Waals surface area contributed by atoms with Gasteiger partial charge in [-0.2, -0.15) is 0 Å². The molecule has 0 aliphatic heterocycles. The zero-order chi connectivity index (χ0) is 17.6. The Kier molecular flexibility index (Phi) is 5.21. The minimum absolute atomic E-state index is 0.00287. The third kappa shape index (κ3) is 4.31. The summed E-state index contributed by atoms with van der Waals surface area (Å²) in [4.78, 5) is 16.5. The van der Waals surface area contributed by atoms with Gasteiger partial charge in [0.15, 0.2) is 0 Å². The van der Waals surface area contributed by atoms with Gasteiger partial charge < -0.3 is 10.1 Å². The van der Waals surface area contributed by atoms with Crippen molar-refractivity contribution >= 4 is 11.7 Å². The Hall–Kier alpha value is -2.98. The molecule has 1 amide bonds. The molecular weight excluding hydrogens is 312 g/mol. The van der Waals surface area contributed by atoms with Crippen LogP contribution in [0.15, 0.2) is 66.7 Å². The molecule has 0 unspecified atom stereocenters. The Balaban J connectivity index is 2.04. The molecule has 1 N–H and O–H groups in total. The number of pyridine rings is 1. The normalized spacial score (nSPS) is 10.5. The zero-order valence-corrected chi connectivity index (χ0v) is 14.3. The molecule has 3 rings (SSSR count). The lowest BCUT2D eigenvalue weighted by Gasteiger charge is -2.11. The maximum atomic E-state index is 11.9. The van der Waals surface area contributed by atoms with E-state index >= 15 is 0 Å². The molecule has 3 aromatic rings. The molecule has 0 radical (unpaired) electrons. The third-order valence-corrected chi connectivity index (χ3v) is 3.82. The number of ether oxygens (including phenoxy) is 1. The van der Waals surface area contributed by atoms with E-state index in [1.54, 1.807) is 0 Å². The maximum absolute atomic E-state index is 11.9. The van der Waals surface area contributed by atoms with Gasteiger partial charge in [0.05, 0.1) is 5.69 Å². The number of anilines is 1. The van der Waals surface area contributed by atoms with E-state index in [1.165, 1.54) is 12.7 Å². The van der Waals surface area contributed by atoms with Crippen LogP contribution < -0.4 is 5.32 Å². The van der Waals surface area contributed by atoms with Crippen LogP contribution in [0.1, 0.15) is 5.56 Å². The fraction of sp³-hybridized carbons (Fsp3) is 0.143. The number of rotatable bonds is 5. The minimum Gasteiger partial charge on any atom is -0.375 e. The number of benzene rings is 2. The van der Waals surface area contributed by atoms with Crippen molar-refractivity contribution < 1.29 is 9.53 Å². The summed E-state index contributed by atoms with van der Waals surface area (Å²) in [6.07, 6.45) is 0. The fourth-order valence-electron chi connectivity index (χ4n) is 2.57. The number of nitrogens with zero attached hydrogens (tertiary/aromatic N) is 1. The quantitative estimate of drug-likeness (QED) is 0.757. The second kappa shape index (κ2) is 7.73. The standard InChI is InChI=1S/C21H20N2O2/c1-15-8-10-16(11-9-15)18-12-19(17-6-4-3-5-7-17)22-20(13-18)23-21(24)14-25-2/h3-13H,14H2,1-2H3,(H,22,23,24). The Morgan fingerprint density at radius 3 is 2.36 bits per heavy atom. The van der Waals surface area contributed by atoms with E-state index in [0.717, 1.165) is 22.4 Å². The van der Waals surface area contributed by atoms with Crippen molar-refractivity contribution in [2.45, 2.75) is 6.92 Å². The number of aromatic nitrogens is 1. The van der Waals surface area contributed by atoms with Crippen LogP contribution in [-0.2, 0) is 9.53 Å². The van der Waals surface area contributed by atoms with Crippen LogP contribution in [-0.4, -0.2) is 24.6 Å². The SMILES string of the molecule is COCC(=O)Nc1cc(-c2ccc(C)cc2)cc(-c2ccccc2)n1. The van der Waals surface area contributed by atoms with Gasteiger partial charge in [-0.3, -0.25) is 4.79 Å². The van der Waals surface area contributed by atoms with E-state index in [4.69, 9.17) is 4.74 Å². The number of amides is 1. The van der Waals surface area contributed by atoms with Crippen molar-refractivity contribution in [2.24, 2.45) is 0 Å². The van der Waals surface area contributed by atoms with Crippen molar-refractivity contribution in [3.8, 4) is 22.4 Å². The summed E-state index contributed by atoms with van der Waals surface area (Å²) in [5.74, 6) is 0.286. The zero-order valence-electron chi connectivity index (χ0n) is 14.3.